The maximum atomic E-state index is 12.2. The van der Waals surface area contributed by atoms with Gasteiger partial charge >= 0.3 is 5.97 Å². The minimum absolute atomic E-state index is 0.163. The number of aromatic carboxylic acids is 1. The third-order valence-electron chi connectivity index (χ3n) is 4.38. The third kappa shape index (κ3) is 1.96. The second-order valence-electron chi connectivity index (χ2n) is 5.56. The van der Waals surface area contributed by atoms with E-state index in [2.05, 4.69) is 23.5 Å². The molecule has 2 aliphatic rings. The topological polar surface area (TPSA) is 66.4 Å². The Balaban J connectivity index is 1.47. The van der Waals surface area contributed by atoms with Crippen molar-refractivity contribution in [2.24, 2.45) is 5.92 Å². The molecule has 4 rings (SSSR count). The van der Waals surface area contributed by atoms with Gasteiger partial charge in [0.15, 0.2) is 0 Å². The number of hydrogen-bond acceptors (Lipinski definition) is 3. The summed E-state index contributed by atoms with van der Waals surface area (Å²) in [5.74, 6) is -0.213. The number of carboxylic acids is 1. The number of carbonyl (C=O) groups is 2. The zero-order valence-electron chi connectivity index (χ0n) is 11.1. The second-order valence-corrected chi connectivity index (χ2v) is 6.64. The summed E-state index contributed by atoms with van der Waals surface area (Å²) in [7, 11) is 0. The summed E-state index contributed by atoms with van der Waals surface area (Å²) in [5, 5.41) is 11.9. The van der Waals surface area contributed by atoms with Crippen LogP contribution < -0.4 is 5.32 Å². The van der Waals surface area contributed by atoms with Gasteiger partial charge in [0.2, 0.25) is 0 Å². The van der Waals surface area contributed by atoms with E-state index in [0.29, 0.717) is 16.7 Å². The molecule has 0 spiro atoms. The highest BCUT2D eigenvalue weighted by Crippen LogP contribution is 2.56. The second kappa shape index (κ2) is 4.43. The molecule has 106 valence electrons. The largest absolute Gasteiger partial charge is 0.477 e. The number of rotatable bonds is 3. The molecule has 2 aromatic rings. The highest BCUT2D eigenvalue weighted by Gasteiger charge is 2.56. The van der Waals surface area contributed by atoms with Gasteiger partial charge in [-0.15, -0.1) is 11.3 Å². The first-order valence-electron chi connectivity index (χ1n) is 6.87. The predicted molar refractivity (Wildman–Crippen MR) is 78.9 cm³/mol. The van der Waals surface area contributed by atoms with Crippen molar-refractivity contribution in [3.05, 3.63) is 57.3 Å². The summed E-state index contributed by atoms with van der Waals surface area (Å²) in [6.45, 7) is 0. The molecule has 21 heavy (non-hydrogen) atoms. The van der Waals surface area contributed by atoms with E-state index in [-0.39, 0.29) is 16.8 Å². The van der Waals surface area contributed by atoms with Crippen molar-refractivity contribution in [1.82, 2.24) is 5.32 Å². The summed E-state index contributed by atoms with van der Waals surface area (Å²) in [6.07, 6.45) is 1.02. The highest BCUT2D eigenvalue weighted by atomic mass is 32.1. The van der Waals surface area contributed by atoms with E-state index < -0.39 is 5.97 Å². The van der Waals surface area contributed by atoms with Gasteiger partial charge < -0.3 is 10.4 Å². The molecule has 0 radical (unpaired) electrons. The monoisotopic (exact) mass is 299 g/mol. The first-order valence-corrected chi connectivity index (χ1v) is 7.68. The number of hydrogen-bond donors (Lipinski definition) is 2. The van der Waals surface area contributed by atoms with Crippen LogP contribution in [0, 0.1) is 5.92 Å². The predicted octanol–water partition coefficient (Wildman–Crippen LogP) is 2.51. The standard InChI is InChI=1S/C16H13NO3S/c18-15(11-5-6-12(21-11)16(19)20)17-14-10-7-8-3-1-2-4-9(8)13(10)14/h1-6,10,13-14H,7H2,(H,17,18)(H,19,20)/t10-,13-,14-/m1/s1. The molecule has 0 unspecified atom stereocenters. The van der Waals surface area contributed by atoms with Crippen LogP contribution in [0.3, 0.4) is 0 Å². The van der Waals surface area contributed by atoms with Crippen molar-refractivity contribution >= 4 is 23.2 Å². The minimum atomic E-state index is -0.990. The summed E-state index contributed by atoms with van der Waals surface area (Å²) in [6, 6.07) is 11.6. The van der Waals surface area contributed by atoms with Crippen LogP contribution in [0.2, 0.25) is 0 Å². The summed E-state index contributed by atoms with van der Waals surface area (Å²) >= 11 is 1.02. The molecule has 0 saturated heterocycles. The normalized spacial score (nSPS) is 25.0. The van der Waals surface area contributed by atoms with Crippen LogP contribution in [0.25, 0.3) is 0 Å². The van der Waals surface area contributed by atoms with Crippen molar-refractivity contribution in [1.29, 1.82) is 0 Å². The SMILES string of the molecule is O=C(O)c1ccc(C(=O)N[C@@H]2[C@@H]3Cc4ccccc4[C@H]32)s1. The smallest absolute Gasteiger partial charge is 0.345 e. The van der Waals surface area contributed by atoms with Gasteiger partial charge in [0.25, 0.3) is 5.91 Å². The minimum Gasteiger partial charge on any atom is -0.477 e. The molecule has 2 N–H and O–H groups in total. The average Bonchev–Trinajstić information content (AvgIpc) is 2.89. The van der Waals surface area contributed by atoms with Crippen LogP contribution in [-0.4, -0.2) is 23.0 Å². The first-order chi connectivity index (χ1) is 10.1. The Morgan fingerprint density at radius 1 is 1.14 bits per heavy atom. The van der Waals surface area contributed by atoms with Crippen LogP contribution in [0.15, 0.2) is 36.4 Å². The Morgan fingerprint density at radius 3 is 2.67 bits per heavy atom. The van der Waals surface area contributed by atoms with Gasteiger partial charge in [0, 0.05) is 12.0 Å². The first kappa shape index (κ1) is 12.6. The number of carboxylic acid groups (broad SMARTS) is 1. The number of fused-ring (bicyclic) bond motifs is 3. The molecule has 2 aliphatic carbocycles. The maximum absolute atomic E-state index is 12.2. The quantitative estimate of drug-likeness (QED) is 0.915. The number of carbonyl (C=O) groups excluding carboxylic acids is 1. The van der Waals surface area contributed by atoms with Gasteiger partial charge in [0.1, 0.15) is 4.88 Å². The number of benzene rings is 1. The molecule has 1 aromatic heterocycles. The summed E-state index contributed by atoms with van der Waals surface area (Å²) < 4.78 is 0. The van der Waals surface area contributed by atoms with Crippen LogP contribution in [0.1, 0.15) is 36.4 Å². The van der Waals surface area contributed by atoms with Crippen LogP contribution in [0.4, 0.5) is 0 Å². The van der Waals surface area contributed by atoms with Crippen molar-refractivity contribution in [2.75, 3.05) is 0 Å². The molecular formula is C16H13NO3S. The van der Waals surface area contributed by atoms with Gasteiger partial charge in [-0.3, -0.25) is 4.79 Å². The Kier molecular flexibility index (Phi) is 2.65. The van der Waals surface area contributed by atoms with Crippen molar-refractivity contribution in [2.45, 2.75) is 18.4 Å². The zero-order chi connectivity index (χ0) is 14.6. The number of amides is 1. The van der Waals surface area contributed by atoms with Crippen molar-refractivity contribution in [3.63, 3.8) is 0 Å². The van der Waals surface area contributed by atoms with Crippen LogP contribution in [-0.2, 0) is 6.42 Å². The fourth-order valence-corrected chi connectivity index (χ4v) is 4.09. The molecule has 0 aliphatic heterocycles. The van der Waals surface area contributed by atoms with E-state index in [1.807, 2.05) is 6.07 Å². The van der Waals surface area contributed by atoms with Crippen LogP contribution in [0.5, 0.6) is 0 Å². The van der Waals surface area contributed by atoms with Gasteiger partial charge in [-0.05, 0) is 35.6 Å². The van der Waals surface area contributed by atoms with E-state index in [9.17, 15) is 9.59 Å². The molecular weight excluding hydrogens is 286 g/mol. The van der Waals surface area contributed by atoms with Gasteiger partial charge in [0.05, 0.1) is 4.88 Å². The lowest BCUT2D eigenvalue weighted by atomic mass is 10.1. The Bertz CT molecular complexity index is 751. The molecule has 1 saturated carbocycles. The van der Waals surface area contributed by atoms with E-state index in [1.165, 1.54) is 17.2 Å². The van der Waals surface area contributed by atoms with E-state index in [4.69, 9.17) is 5.11 Å². The highest BCUT2D eigenvalue weighted by molar-refractivity contribution is 7.15. The number of nitrogens with one attached hydrogen (secondary N) is 1. The fourth-order valence-electron chi connectivity index (χ4n) is 3.35. The van der Waals surface area contributed by atoms with E-state index in [1.54, 1.807) is 6.07 Å². The van der Waals surface area contributed by atoms with E-state index >= 15 is 0 Å². The Hall–Kier alpha value is -2.14. The molecule has 1 aromatic carbocycles. The van der Waals surface area contributed by atoms with Gasteiger partial charge in [-0.1, -0.05) is 24.3 Å². The molecule has 1 fully saturated rings. The average molecular weight is 299 g/mol. The van der Waals surface area contributed by atoms with E-state index in [0.717, 1.165) is 17.8 Å². The summed E-state index contributed by atoms with van der Waals surface area (Å²) in [4.78, 5) is 23.7. The van der Waals surface area contributed by atoms with Crippen LogP contribution >= 0.6 is 11.3 Å². The Labute approximate surface area is 125 Å². The van der Waals surface area contributed by atoms with Crippen molar-refractivity contribution < 1.29 is 14.7 Å². The lowest BCUT2D eigenvalue weighted by Gasteiger charge is -2.08. The summed E-state index contributed by atoms with van der Waals surface area (Å²) in [5.41, 5.74) is 2.74. The lowest BCUT2D eigenvalue weighted by molar-refractivity contribution is 0.0702. The molecule has 1 amide bonds. The fraction of sp³-hybridized carbons (Fsp3) is 0.250. The van der Waals surface area contributed by atoms with Gasteiger partial charge in [-0.2, -0.15) is 0 Å². The van der Waals surface area contributed by atoms with Gasteiger partial charge in [-0.25, -0.2) is 4.79 Å². The number of thiophene rings is 1. The molecule has 1 heterocycles. The molecule has 0 bridgehead atoms. The molecule has 3 atom stereocenters. The third-order valence-corrected chi connectivity index (χ3v) is 5.45. The zero-order valence-corrected chi connectivity index (χ0v) is 11.9. The molecule has 5 heteroatoms. The van der Waals surface area contributed by atoms with Crippen molar-refractivity contribution in [3.8, 4) is 0 Å². The molecule has 4 nitrogen and oxygen atoms in total. The lowest BCUT2D eigenvalue weighted by Crippen LogP contribution is -2.28. The Morgan fingerprint density at radius 2 is 1.90 bits per heavy atom. The maximum Gasteiger partial charge on any atom is 0.345 e.